The molecule has 0 radical (unpaired) electrons. The van der Waals surface area contributed by atoms with E-state index in [9.17, 15) is 4.79 Å². The quantitative estimate of drug-likeness (QED) is 0.713. The molecule has 0 aromatic heterocycles. The van der Waals surface area contributed by atoms with Crippen LogP contribution in [-0.4, -0.2) is 5.91 Å². The van der Waals surface area contributed by atoms with Gasteiger partial charge in [-0.2, -0.15) is 0 Å². The molecule has 3 heteroatoms. The third kappa shape index (κ3) is 1.66. The van der Waals surface area contributed by atoms with Gasteiger partial charge in [0.25, 0.3) is 5.91 Å². The van der Waals surface area contributed by atoms with E-state index in [-0.39, 0.29) is 5.91 Å². The first-order valence-electron chi connectivity index (χ1n) is 5.62. The topological polar surface area (TPSA) is 38.3 Å². The molecule has 0 fully saturated rings. The SMILES string of the molecule is C=C1C(=O)Nc2ccccc2Oc2ccccc21. The Morgan fingerprint density at radius 3 is 2.44 bits per heavy atom. The van der Waals surface area contributed by atoms with E-state index in [0.29, 0.717) is 28.3 Å². The van der Waals surface area contributed by atoms with Crippen molar-refractivity contribution in [3.05, 3.63) is 60.7 Å². The van der Waals surface area contributed by atoms with E-state index in [1.54, 1.807) is 6.07 Å². The fourth-order valence-corrected chi connectivity index (χ4v) is 1.90. The molecule has 0 saturated heterocycles. The number of nitrogens with one attached hydrogen (secondary N) is 1. The Morgan fingerprint density at radius 2 is 1.61 bits per heavy atom. The minimum Gasteiger partial charge on any atom is -0.455 e. The molecule has 18 heavy (non-hydrogen) atoms. The van der Waals surface area contributed by atoms with E-state index in [1.165, 1.54) is 0 Å². The van der Waals surface area contributed by atoms with E-state index < -0.39 is 0 Å². The lowest BCUT2D eigenvalue weighted by atomic mass is 10.0. The number of benzene rings is 2. The summed E-state index contributed by atoms with van der Waals surface area (Å²) in [5.41, 5.74) is 1.77. The number of carbonyl (C=O) groups is 1. The van der Waals surface area contributed by atoms with Gasteiger partial charge in [0.2, 0.25) is 0 Å². The third-order valence-corrected chi connectivity index (χ3v) is 2.84. The van der Waals surface area contributed by atoms with Crippen LogP contribution in [0.15, 0.2) is 55.1 Å². The molecule has 3 nitrogen and oxygen atoms in total. The monoisotopic (exact) mass is 237 g/mol. The van der Waals surface area contributed by atoms with Crippen LogP contribution in [0, 0.1) is 0 Å². The highest BCUT2D eigenvalue weighted by Crippen LogP contribution is 2.36. The Bertz CT molecular complexity index is 646. The number of fused-ring (bicyclic) bond motifs is 2. The number of amides is 1. The zero-order valence-electron chi connectivity index (χ0n) is 9.64. The minimum atomic E-state index is -0.210. The summed E-state index contributed by atoms with van der Waals surface area (Å²) in [6, 6.07) is 14.7. The number of para-hydroxylation sites is 3. The summed E-state index contributed by atoms with van der Waals surface area (Å²) in [6.45, 7) is 3.82. The molecule has 0 unspecified atom stereocenters. The largest absolute Gasteiger partial charge is 0.455 e. The van der Waals surface area contributed by atoms with Crippen LogP contribution >= 0.6 is 0 Å². The molecule has 3 rings (SSSR count). The second-order valence-electron chi connectivity index (χ2n) is 4.03. The number of hydrogen-bond donors (Lipinski definition) is 1. The number of ether oxygens (including phenoxy) is 1. The average molecular weight is 237 g/mol. The van der Waals surface area contributed by atoms with Crippen LogP contribution < -0.4 is 10.1 Å². The third-order valence-electron chi connectivity index (χ3n) is 2.84. The second-order valence-corrected chi connectivity index (χ2v) is 4.03. The van der Waals surface area contributed by atoms with Gasteiger partial charge in [0.1, 0.15) is 5.75 Å². The molecule has 1 N–H and O–H groups in total. The molecular formula is C15H11NO2. The second kappa shape index (κ2) is 4.04. The van der Waals surface area contributed by atoms with E-state index in [4.69, 9.17) is 4.74 Å². The summed E-state index contributed by atoms with van der Waals surface area (Å²) < 4.78 is 5.83. The summed E-state index contributed by atoms with van der Waals surface area (Å²) in [5, 5.41) is 2.79. The lowest BCUT2D eigenvalue weighted by molar-refractivity contribution is -0.111. The maximum Gasteiger partial charge on any atom is 0.255 e. The molecule has 1 aliphatic rings. The predicted octanol–water partition coefficient (Wildman–Crippen LogP) is 3.44. The Morgan fingerprint density at radius 1 is 0.944 bits per heavy atom. The highest BCUT2D eigenvalue weighted by atomic mass is 16.5. The van der Waals surface area contributed by atoms with E-state index >= 15 is 0 Å². The predicted molar refractivity (Wildman–Crippen MR) is 70.6 cm³/mol. The Hall–Kier alpha value is -2.55. The molecule has 1 aliphatic heterocycles. The number of carbonyl (C=O) groups excluding carboxylic acids is 1. The van der Waals surface area contributed by atoms with Gasteiger partial charge in [-0.05, 0) is 18.2 Å². The van der Waals surface area contributed by atoms with Crippen LogP contribution in [0.4, 0.5) is 5.69 Å². The molecular weight excluding hydrogens is 226 g/mol. The molecule has 1 amide bonds. The molecule has 2 aromatic carbocycles. The molecule has 0 atom stereocenters. The molecule has 88 valence electrons. The van der Waals surface area contributed by atoms with Crippen molar-refractivity contribution in [2.45, 2.75) is 0 Å². The molecule has 2 aromatic rings. The maximum absolute atomic E-state index is 12.0. The summed E-state index contributed by atoms with van der Waals surface area (Å²) in [5.74, 6) is 1.06. The number of anilines is 1. The lowest BCUT2D eigenvalue weighted by Gasteiger charge is -2.19. The summed E-state index contributed by atoms with van der Waals surface area (Å²) in [4.78, 5) is 12.0. The van der Waals surface area contributed by atoms with Gasteiger partial charge < -0.3 is 10.1 Å². The first-order chi connectivity index (χ1) is 8.75. The van der Waals surface area contributed by atoms with Gasteiger partial charge in [-0.1, -0.05) is 36.9 Å². The Kier molecular flexibility index (Phi) is 2.38. The van der Waals surface area contributed by atoms with Gasteiger partial charge in [0.05, 0.1) is 5.69 Å². The minimum absolute atomic E-state index is 0.210. The van der Waals surface area contributed by atoms with E-state index in [0.717, 1.165) is 0 Å². The fraction of sp³-hybridized carbons (Fsp3) is 0. The Balaban J connectivity index is 2.19. The van der Waals surface area contributed by atoms with Gasteiger partial charge in [-0.3, -0.25) is 4.79 Å². The fourth-order valence-electron chi connectivity index (χ4n) is 1.90. The zero-order valence-corrected chi connectivity index (χ0v) is 9.64. The molecule has 0 spiro atoms. The molecule has 0 saturated carbocycles. The first kappa shape index (κ1) is 10.6. The molecule has 1 heterocycles. The van der Waals surface area contributed by atoms with Crippen molar-refractivity contribution in [3.63, 3.8) is 0 Å². The van der Waals surface area contributed by atoms with Crippen molar-refractivity contribution in [1.29, 1.82) is 0 Å². The van der Waals surface area contributed by atoms with E-state index in [1.807, 2.05) is 42.5 Å². The zero-order chi connectivity index (χ0) is 12.5. The maximum atomic E-state index is 12.0. The Labute approximate surface area is 105 Å². The normalized spacial score (nSPS) is 13.6. The van der Waals surface area contributed by atoms with Gasteiger partial charge in [-0.25, -0.2) is 0 Å². The van der Waals surface area contributed by atoms with Gasteiger partial charge in [-0.15, -0.1) is 0 Å². The van der Waals surface area contributed by atoms with Gasteiger partial charge in [0, 0.05) is 11.1 Å². The number of rotatable bonds is 0. The van der Waals surface area contributed by atoms with Crippen molar-refractivity contribution < 1.29 is 9.53 Å². The summed E-state index contributed by atoms with van der Waals surface area (Å²) in [6.07, 6.45) is 0. The van der Waals surface area contributed by atoms with Crippen molar-refractivity contribution in [3.8, 4) is 11.5 Å². The summed E-state index contributed by atoms with van der Waals surface area (Å²) >= 11 is 0. The smallest absolute Gasteiger partial charge is 0.255 e. The van der Waals surface area contributed by atoms with Crippen LogP contribution in [0.25, 0.3) is 5.57 Å². The van der Waals surface area contributed by atoms with Crippen molar-refractivity contribution in [2.75, 3.05) is 5.32 Å². The van der Waals surface area contributed by atoms with Crippen molar-refractivity contribution in [1.82, 2.24) is 0 Å². The molecule has 0 aliphatic carbocycles. The first-order valence-corrected chi connectivity index (χ1v) is 5.62. The average Bonchev–Trinajstić information content (AvgIpc) is 2.39. The van der Waals surface area contributed by atoms with Crippen molar-refractivity contribution >= 4 is 17.2 Å². The molecule has 0 bridgehead atoms. The van der Waals surface area contributed by atoms with Crippen LogP contribution in [0.3, 0.4) is 0 Å². The number of hydrogen-bond acceptors (Lipinski definition) is 2. The van der Waals surface area contributed by atoms with Crippen LogP contribution in [0.5, 0.6) is 11.5 Å². The lowest BCUT2D eigenvalue weighted by Crippen LogP contribution is -2.15. The van der Waals surface area contributed by atoms with Crippen LogP contribution in [0.2, 0.25) is 0 Å². The highest BCUT2D eigenvalue weighted by molar-refractivity contribution is 6.25. The van der Waals surface area contributed by atoms with E-state index in [2.05, 4.69) is 11.9 Å². The standard InChI is InChI=1S/C15H11NO2/c1-10-11-6-2-4-8-13(11)18-14-9-5-3-7-12(14)16-15(10)17/h2-9H,1H2,(H,16,17). The van der Waals surface area contributed by atoms with Gasteiger partial charge >= 0.3 is 0 Å². The highest BCUT2D eigenvalue weighted by Gasteiger charge is 2.19. The summed E-state index contributed by atoms with van der Waals surface area (Å²) in [7, 11) is 0. The van der Waals surface area contributed by atoms with Crippen molar-refractivity contribution in [2.24, 2.45) is 0 Å². The van der Waals surface area contributed by atoms with Crippen LogP contribution in [0.1, 0.15) is 5.56 Å². The van der Waals surface area contributed by atoms with Gasteiger partial charge in [0.15, 0.2) is 5.75 Å². The van der Waals surface area contributed by atoms with Crippen LogP contribution in [-0.2, 0) is 4.79 Å².